The molecular weight excluding hydrogens is 326 g/mol. The Balaban J connectivity index is 0. The molecule has 0 aliphatic heterocycles. The van der Waals surface area contributed by atoms with E-state index in [1.165, 1.54) is 0 Å². The second kappa shape index (κ2) is 18.5. The molecule has 0 atom stereocenters. The van der Waals surface area contributed by atoms with Crippen LogP contribution < -0.4 is 5.32 Å². The zero-order valence-corrected chi connectivity index (χ0v) is 16.6. The Morgan fingerprint density at radius 2 is 0.880 bits per heavy atom. The Labute approximate surface area is 155 Å². The fourth-order valence-corrected chi connectivity index (χ4v) is 1.74. The minimum atomic E-state index is 0. The molecule has 0 saturated heterocycles. The lowest BCUT2D eigenvalue weighted by atomic mass is 10.1. The fourth-order valence-electron chi connectivity index (χ4n) is 1.74. The van der Waals surface area contributed by atoms with Crippen molar-refractivity contribution in [3.8, 4) is 0 Å². The minimum Gasteiger partial charge on any atom is -0.379 e. The SMILES string of the molecule is CCOCCOCCOCCOCCOCCOCCNC(C)(C)C.[HH]. The summed E-state index contributed by atoms with van der Waals surface area (Å²) < 4.78 is 32.2. The van der Waals surface area contributed by atoms with Crippen molar-refractivity contribution >= 4 is 0 Å². The third-order valence-electron chi connectivity index (χ3n) is 2.97. The molecule has 7 nitrogen and oxygen atoms in total. The van der Waals surface area contributed by atoms with Crippen LogP contribution in [-0.4, -0.2) is 91.4 Å². The largest absolute Gasteiger partial charge is 0.379 e. The average Bonchev–Trinajstić information content (AvgIpc) is 2.56. The molecule has 0 unspecified atom stereocenters. The van der Waals surface area contributed by atoms with Crippen molar-refractivity contribution in [2.75, 3.05) is 85.8 Å². The summed E-state index contributed by atoms with van der Waals surface area (Å²) in [6, 6.07) is 0. The Hall–Kier alpha value is -0.280. The van der Waals surface area contributed by atoms with E-state index < -0.39 is 0 Å². The van der Waals surface area contributed by atoms with Crippen molar-refractivity contribution in [3.05, 3.63) is 0 Å². The summed E-state index contributed by atoms with van der Waals surface area (Å²) in [5, 5.41) is 3.37. The van der Waals surface area contributed by atoms with E-state index in [4.69, 9.17) is 28.4 Å². The number of nitrogens with one attached hydrogen (secondary N) is 1. The quantitative estimate of drug-likeness (QED) is 0.349. The van der Waals surface area contributed by atoms with Crippen molar-refractivity contribution in [3.63, 3.8) is 0 Å². The van der Waals surface area contributed by atoms with Gasteiger partial charge in [0.2, 0.25) is 0 Å². The monoisotopic (exact) mass is 367 g/mol. The molecule has 0 radical (unpaired) electrons. The van der Waals surface area contributed by atoms with E-state index in [2.05, 4.69) is 26.1 Å². The van der Waals surface area contributed by atoms with E-state index in [-0.39, 0.29) is 6.97 Å². The van der Waals surface area contributed by atoms with Crippen LogP contribution in [0.5, 0.6) is 0 Å². The summed E-state index contributed by atoms with van der Waals surface area (Å²) in [5.41, 5.74) is 0.136. The van der Waals surface area contributed by atoms with Crippen LogP contribution in [-0.2, 0) is 28.4 Å². The van der Waals surface area contributed by atoms with Gasteiger partial charge in [-0.2, -0.15) is 0 Å². The first-order valence-electron chi connectivity index (χ1n) is 9.27. The van der Waals surface area contributed by atoms with E-state index in [9.17, 15) is 0 Å². The molecule has 1 N–H and O–H groups in total. The van der Waals surface area contributed by atoms with E-state index in [0.717, 1.165) is 13.2 Å². The van der Waals surface area contributed by atoms with E-state index >= 15 is 0 Å². The molecule has 0 aliphatic rings. The molecule has 25 heavy (non-hydrogen) atoms. The van der Waals surface area contributed by atoms with Gasteiger partial charge >= 0.3 is 0 Å². The smallest absolute Gasteiger partial charge is 0.0701 e. The maximum atomic E-state index is 5.47. The van der Waals surface area contributed by atoms with E-state index in [1.807, 2.05) is 6.92 Å². The minimum absolute atomic E-state index is 0. The van der Waals surface area contributed by atoms with Gasteiger partial charge in [-0.15, -0.1) is 0 Å². The summed E-state index contributed by atoms with van der Waals surface area (Å²) in [7, 11) is 0. The maximum absolute atomic E-state index is 5.47. The van der Waals surface area contributed by atoms with Gasteiger partial charge in [-0.3, -0.25) is 0 Å². The molecule has 0 bridgehead atoms. The van der Waals surface area contributed by atoms with Gasteiger partial charge in [-0.25, -0.2) is 0 Å². The number of rotatable bonds is 19. The second-order valence-electron chi connectivity index (χ2n) is 6.44. The van der Waals surface area contributed by atoms with Crippen molar-refractivity contribution < 1.29 is 29.8 Å². The van der Waals surface area contributed by atoms with Gasteiger partial charge in [0.15, 0.2) is 0 Å². The van der Waals surface area contributed by atoms with Crippen molar-refractivity contribution in [1.82, 2.24) is 5.32 Å². The number of ether oxygens (including phenoxy) is 6. The van der Waals surface area contributed by atoms with Gasteiger partial charge in [0.05, 0.1) is 72.7 Å². The van der Waals surface area contributed by atoms with E-state index in [1.54, 1.807) is 0 Å². The lowest BCUT2D eigenvalue weighted by Gasteiger charge is -2.20. The third-order valence-corrected chi connectivity index (χ3v) is 2.97. The highest BCUT2D eigenvalue weighted by Gasteiger charge is 2.06. The fraction of sp³-hybridized carbons (Fsp3) is 1.00. The molecule has 0 amide bonds. The first kappa shape index (κ1) is 24.7. The maximum Gasteiger partial charge on any atom is 0.0701 e. The van der Waals surface area contributed by atoms with Crippen LogP contribution in [0.1, 0.15) is 29.1 Å². The van der Waals surface area contributed by atoms with Crippen molar-refractivity contribution in [1.29, 1.82) is 0 Å². The standard InChI is InChI=1S/C18H39NO6.H2/c1-5-20-8-9-22-12-13-24-16-17-25-15-14-23-11-10-21-7-6-19-18(2,3)4;/h19H,5-17H2,1-4H3;1H. The highest BCUT2D eigenvalue weighted by molar-refractivity contribution is 4.69. The summed E-state index contributed by atoms with van der Waals surface area (Å²) >= 11 is 0. The Bertz CT molecular complexity index is 267. The molecule has 0 heterocycles. The van der Waals surface area contributed by atoms with Gasteiger partial charge in [0, 0.05) is 20.1 Å². The van der Waals surface area contributed by atoms with Crippen LogP contribution in [0.25, 0.3) is 0 Å². The van der Waals surface area contributed by atoms with Gasteiger partial charge < -0.3 is 33.7 Å². The van der Waals surface area contributed by atoms with Crippen LogP contribution in [0.3, 0.4) is 0 Å². The Kier molecular flexibility index (Phi) is 18.3. The first-order valence-corrected chi connectivity index (χ1v) is 9.27. The van der Waals surface area contributed by atoms with Crippen molar-refractivity contribution in [2.45, 2.75) is 33.2 Å². The lowest BCUT2D eigenvalue weighted by molar-refractivity contribution is -0.0161. The molecule has 0 spiro atoms. The predicted octanol–water partition coefficient (Wildman–Crippen LogP) is 1.74. The first-order chi connectivity index (χ1) is 12.1. The summed E-state index contributed by atoms with van der Waals surface area (Å²) in [6.07, 6.45) is 0. The van der Waals surface area contributed by atoms with Gasteiger partial charge in [-0.05, 0) is 27.7 Å². The zero-order valence-electron chi connectivity index (χ0n) is 16.6. The summed E-state index contributed by atoms with van der Waals surface area (Å²) in [5.74, 6) is 0. The average molecular weight is 368 g/mol. The van der Waals surface area contributed by atoms with Crippen LogP contribution >= 0.6 is 0 Å². The van der Waals surface area contributed by atoms with Gasteiger partial charge in [-0.1, -0.05) is 0 Å². The summed E-state index contributed by atoms with van der Waals surface area (Å²) in [4.78, 5) is 0. The Morgan fingerprint density at radius 1 is 0.560 bits per heavy atom. The normalized spacial score (nSPS) is 12.0. The van der Waals surface area contributed by atoms with Crippen LogP contribution in [0.2, 0.25) is 0 Å². The molecule has 0 aromatic rings. The second-order valence-corrected chi connectivity index (χ2v) is 6.44. The molecule has 154 valence electrons. The zero-order chi connectivity index (χ0) is 18.6. The lowest BCUT2D eigenvalue weighted by Crippen LogP contribution is -2.38. The van der Waals surface area contributed by atoms with E-state index in [0.29, 0.717) is 72.7 Å². The van der Waals surface area contributed by atoms with Crippen LogP contribution in [0.4, 0.5) is 0 Å². The van der Waals surface area contributed by atoms with Crippen molar-refractivity contribution in [2.24, 2.45) is 0 Å². The molecule has 0 saturated carbocycles. The highest BCUT2D eigenvalue weighted by atomic mass is 16.6. The molecule has 0 aliphatic carbocycles. The number of hydrogen-bond donors (Lipinski definition) is 1. The van der Waals surface area contributed by atoms with Gasteiger partial charge in [0.1, 0.15) is 0 Å². The van der Waals surface area contributed by atoms with Crippen LogP contribution in [0.15, 0.2) is 0 Å². The molecular formula is C18H41NO6. The highest BCUT2D eigenvalue weighted by Crippen LogP contribution is 1.96. The topological polar surface area (TPSA) is 67.4 Å². The molecule has 0 aromatic heterocycles. The number of hydrogen-bond acceptors (Lipinski definition) is 7. The molecule has 0 aromatic carbocycles. The molecule has 0 fully saturated rings. The molecule has 7 heteroatoms. The predicted molar refractivity (Wildman–Crippen MR) is 100 cm³/mol. The molecule has 0 rings (SSSR count). The van der Waals surface area contributed by atoms with Crippen LogP contribution in [0, 0.1) is 0 Å². The summed E-state index contributed by atoms with van der Waals surface area (Å²) in [6.45, 7) is 16.5. The third kappa shape index (κ3) is 23.7. The Morgan fingerprint density at radius 3 is 1.20 bits per heavy atom. The van der Waals surface area contributed by atoms with Gasteiger partial charge in [0.25, 0.3) is 0 Å².